The molecule has 3 aliphatic rings. The lowest BCUT2D eigenvalue weighted by Gasteiger charge is -2.48. The molecule has 3 aromatic rings. The van der Waals surface area contributed by atoms with Gasteiger partial charge in [-0.15, -0.1) is 0 Å². The van der Waals surface area contributed by atoms with Gasteiger partial charge in [0.1, 0.15) is 17.0 Å². The first-order valence-electron chi connectivity index (χ1n) is 13.9. The number of carbonyl (C=O) groups excluding carboxylic acids is 1. The number of nitrogens with one attached hydrogen (secondary N) is 1. The fourth-order valence-electron chi connectivity index (χ4n) is 6.01. The van der Waals surface area contributed by atoms with Crippen molar-refractivity contribution in [2.45, 2.75) is 44.0 Å². The second-order valence-electron chi connectivity index (χ2n) is 10.9. The summed E-state index contributed by atoms with van der Waals surface area (Å²) in [5.74, 6) is 0.216. The number of benzene rings is 2. The summed E-state index contributed by atoms with van der Waals surface area (Å²) in [5, 5.41) is 2.74. The molecule has 1 N–H and O–H groups in total. The monoisotopic (exact) mass is 567 g/mol. The summed E-state index contributed by atoms with van der Waals surface area (Å²) in [4.78, 5) is 18.7. The molecule has 1 spiro atoms. The van der Waals surface area contributed by atoms with Crippen molar-refractivity contribution in [1.29, 1.82) is 0 Å². The molecule has 3 aliphatic heterocycles. The molecule has 2 saturated heterocycles. The molecule has 0 radical (unpaired) electrons. The Morgan fingerprint density at radius 1 is 1.00 bits per heavy atom. The molecule has 0 saturated carbocycles. The van der Waals surface area contributed by atoms with E-state index in [1.165, 1.54) is 6.07 Å². The molecule has 4 heterocycles. The van der Waals surface area contributed by atoms with Gasteiger partial charge in [0.05, 0.1) is 26.4 Å². The lowest BCUT2D eigenvalue weighted by Crippen LogP contribution is -2.50. The van der Waals surface area contributed by atoms with Crippen molar-refractivity contribution in [3.8, 4) is 16.9 Å². The fourth-order valence-corrected chi connectivity index (χ4v) is 6.01. The van der Waals surface area contributed by atoms with Crippen LogP contribution in [0.5, 0.6) is 5.75 Å². The van der Waals surface area contributed by atoms with Crippen LogP contribution in [0.4, 0.5) is 18.9 Å². The molecular weight excluding hydrogens is 535 g/mol. The van der Waals surface area contributed by atoms with Crippen LogP contribution in [0.1, 0.15) is 52.5 Å². The van der Waals surface area contributed by atoms with Gasteiger partial charge in [-0.25, -0.2) is 0 Å². The number of hydrogen-bond acceptors (Lipinski definition) is 6. The minimum atomic E-state index is -4.63. The lowest BCUT2D eigenvalue weighted by atomic mass is 9.80. The quantitative estimate of drug-likeness (QED) is 0.415. The summed E-state index contributed by atoms with van der Waals surface area (Å²) >= 11 is 0. The van der Waals surface area contributed by atoms with E-state index in [4.69, 9.17) is 14.2 Å². The summed E-state index contributed by atoms with van der Waals surface area (Å²) in [6, 6.07) is 14.0. The number of fused-ring (bicyclic) bond motifs is 1. The number of morpholine rings is 1. The Bertz CT molecular complexity index is 1430. The molecule has 10 heteroatoms. The Kier molecular flexibility index (Phi) is 7.48. The first-order valence-corrected chi connectivity index (χ1v) is 13.9. The van der Waals surface area contributed by atoms with Crippen molar-refractivity contribution < 1.29 is 32.2 Å². The van der Waals surface area contributed by atoms with Gasteiger partial charge in [-0.3, -0.25) is 14.7 Å². The highest BCUT2D eigenvalue weighted by molar-refractivity contribution is 6.04. The smallest absolute Gasteiger partial charge is 0.433 e. The largest absolute Gasteiger partial charge is 0.487 e. The minimum absolute atomic E-state index is 0.118. The van der Waals surface area contributed by atoms with Crippen molar-refractivity contribution in [3.63, 3.8) is 0 Å². The number of ether oxygens (including phenoxy) is 3. The summed E-state index contributed by atoms with van der Waals surface area (Å²) in [5.41, 5.74) is 2.96. The number of aryl methyl sites for hydroxylation is 1. The summed E-state index contributed by atoms with van der Waals surface area (Å²) in [7, 11) is 0. The number of amides is 1. The summed E-state index contributed by atoms with van der Waals surface area (Å²) < 4.78 is 57.3. The number of alkyl halides is 3. The molecule has 2 aromatic carbocycles. The molecule has 6 rings (SSSR count). The van der Waals surface area contributed by atoms with Gasteiger partial charge >= 0.3 is 6.18 Å². The van der Waals surface area contributed by atoms with Gasteiger partial charge in [-0.2, -0.15) is 13.2 Å². The van der Waals surface area contributed by atoms with Gasteiger partial charge in [0, 0.05) is 61.4 Å². The highest BCUT2D eigenvalue weighted by Gasteiger charge is 2.44. The van der Waals surface area contributed by atoms with Crippen LogP contribution in [-0.2, 0) is 15.7 Å². The third kappa shape index (κ3) is 5.82. The maximum Gasteiger partial charge on any atom is 0.433 e. The maximum absolute atomic E-state index is 13.1. The Labute approximate surface area is 236 Å². The van der Waals surface area contributed by atoms with Gasteiger partial charge in [0.25, 0.3) is 5.91 Å². The van der Waals surface area contributed by atoms with Crippen molar-refractivity contribution in [2.24, 2.45) is 0 Å². The molecule has 1 atom stereocenters. The van der Waals surface area contributed by atoms with E-state index in [0.29, 0.717) is 18.9 Å². The van der Waals surface area contributed by atoms with Crippen molar-refractivity contribution in [3.05, 3.63) is 77.1 Å². The lowest BCUT2D eigenvalue weighted by molar-refractivity contribution is -0.141. The zero-order chi connectivity index (χ0) is 28.6. The van der Waals surface area contributed by atoms with Gasteiger partial charge in [0.2, 0.25) is 0 Å². The average molecular weight is 568 g/mol. The number of rotatable bonds is 4. The predicted molar refractivity (Wildman–Crippen MR) is 147 cm³/mol. The molecule has 1 unspecified atom stereocenters. The number of pyridine rings is 1. The second kappa shape index (κ2) is 11.1. The Morgan fingerprint density at radius 3 is 2.51 bits per heavy atom. The van der Waals surface area contributed by atoms with Crippen LogP contribution >= 0.6 is 0 Å². The normalized spacial score (nSPS) is 20.7. The van der Waals surface area contributed by atoms with Crippen LogP contribution in [0.15, 0.2) is 54.7 Å². The number of halogens is 3. The Balaban J connectivity index is 1.30. The topological polar surface area (TPSA) is 72.9 Å². The van der Waals surface area contributed by atoms with E-state index in [0.717, 1.165) is 85.8 Å². The number of nitrogens with zero attached hydrogens (tertiary/aromatic N) is 2. The Hall–Kier alpha value is -3.47. The third-order valence-electron chi connectivity index (χ3n) is 8.27. The van der Waals surface area contributed by atoms with Crippen molar-refractivity contribution in [1.82, 2.24) is 9.88 Å². The zero-order valence-electron chi connectivity index (χ0n) is 22.8. The van der Waals surface area contributed by atoms with Gasteiger partial charge in [-0.05, 0) is 53.9 Å². The number of aromatic nitrogens is 1. The van der Waals surface area contributed by atoms with Gasteiger partial charge < -0.3 is 19.5 Å². The fraction of sp³-hybridized carbons (Fsp3) is 0.419. The minimum Gasteiger partial charge on any atom is -0.487 e. The summed E-state index contributed by atoms with van der Waals surface area (Å²) in [6.07, 6.45) is -1.06. The van der Waals surface area contributed by atoms with E-state index in [2.05, 4.69) is 33.4 Å². The molecule has 7 nitrogen and oxygen atoms in total. The van der Waals surface area contributed by atoms with Crippen LogP contribution in [-0.4, -0.2) is 60.9 Å². The molecule has 0 bridgehead atoms. The molecule has 0 aliphatic carbocycles. The standard InChI is InChI=1S/C31H32F3N3O4/c1-20-2-4-23(36-29(38)22-6-9-35-28(17-22)31(32,33)34)18-25(20)21-3-5-24-26(37-10-14-40-15-11-37)19-30(41-27(24)16-21)7-12-39-13-8-30/h2-6,9,16-18,26H,7-8,10-15,19H2,1H3,(H,36,38). The molecule has 2 fully saturated rings. The van der Waals surface area contributed by atoms with Crippen LogP contribution in [0.2, 0.25) is 0 Å². The van der Waals surface area contributed by atoms with Crippen molar-refractivity contribution >= 4 is 11.6 Å². The first-order chi connectivity index (χ1) is 19.7. The van der Waals surface area contributed by atoms with E-state index in [1.54, 1.807) is 6.07 Å². The summed E-state index contributed by atoms with van der Waals surface area (Å²) in [6.45, 7) is 6.52. The number of carbonyl (C=O) groups is 1. The van der Waals surface area contributed by atoms with E-state index in [-0.39, 0.29) is 17.2 Å². The third-order valence-corrected chi connectivity index (χ3v) is 8.27. The van der Waals surface area contributed by atoms with Crippen LogP contribution < -0.4 is 10.1 Å². The highest BCUT2D eigenvalue weighted by Crippen LogP contribution is 2.48. The molecule has 216 valence electrons. The van der Waals surface area contributed by atoms with Gasteiger partial charge in [0.15, 0.2) is 0 Å². The molecular formula is C31H32F3N3O4. The van der Waals surface area contributed by atoms with E-state index in [1.807, 2.05) is 19.1 Å². The van der Waals surface area contributed by atoms with Crippen molar-refractivity contribution in [2.75, 3.05) is 44.8 Å². The van der Waals surface area contributed by atoms with Crippen LogP contribution in [0.3, 0.4) is 0 Å². The first kappa shape index (κ1) is 27.7. The molecule has 41 heavy (non-hydrogen) atoms. The van der Waals surface area contributed by atoms with E-state index in [9.17, 15) is 18.0 Å². The van der Waals surface area contributed by atoms with E-state index >= 15 is 0 Å². The van der Waals surface area contributed by atoms with Crippen LogP contribution in [0, 0.1) is 6.92 Å². The predicted octanol–water partition coefficient (Wildman–Crippen LogP) is 6.03. The number of hydrogen-bond donors (Lipinski definition) is 1. The second-order valence-corrected chi connectivity index (χ2v) is 10.9. The average Bonchev–Trinajstić information content (AvgIpc) is 2.98. The Morgan fingerprint density at radius 2 is 1.76 bits per heavy atom. The number of anilines is 1. The van der Waals surface area contributed by atoms with Crippen LogP contribution in [0.25, 0.3) is 11.1 Å². The zero-order valence-corrected chi connectivity index (χ0v) is 22.8. The molecule has 1 amide bonds. The SMILES string of the molecule is Cc1ccc(NC(=O)c2ccnc(C(F)(F)F)c2)cc1-c1ccc2c(c1)OC1(CCOCC1)CC2N1CCOCC1. The molecule has 1 aromatic heterocycles. The van der Waals surface area contributed by atoms with E-state index < -0.39 is 17.8 Å². The highest BCUT2D eigenvalue weighted by atomic mass is 19.4. The maximum atomic E-state index is 13.1. The van der Waals surface area contributed by atoms with Gasteiger partial charge in [-0.1, -0.05) is 18.2 Å².